The van der Waals surface area contributed by atoms with Gasteiger partial charge in [-0.05, 0) is 40.0 Å². The summed E-state index contributed by atoms with van der Waals surface area (Å²) in [6, 6.07) is 14.5. The van der Waals surface area contributed by atoms with E-state index < -0.39 is 0 Å². The van der Waals surface area contributed by atoms with Gasteiger partial charge >= 0.3 is 0 Å². The summed E-state index contributed by atoms with van der Waals surface area (Å²) in [6.45, 7) is 4.09. The molecule has 0 bridgehead atoms. The Hall–Kier alpha value is -1.35. The lowest BCUT2D eigenvalue weighted by Crippen LogP contribution is -2.24. The fourth-order valence-corrected chi connectivity index (χ4v) is 2.45. The summed E-state index contributed by atoms with van der Waals surface area (Å²) in [4.78, 5) is 6.78. The molecule has 0 amide bonds. The molecule has 3 heteroatoms. The predicted octanol–water partition coefficient (Wildman–Crippen LogP) is 4.26. The van der Waals surface area contributed by atoms with E-state index in [0.29, 0.717) is 0 Å². The Bertz CT molecular complexity index is 485. The van der Waals surface area contributed by atoms with E-state index in [9.17, 15) is 0 Å². The van der Waals surface area contributed by atoms with Crippen molar-refractivity contribution in [3.63, 3.8) is 0 Å². The summed E-state index contributed by atoms with van der Waals surface area (Å²) in [5.41, 5.74) is 1.31. The van der Waals surface area contributed by atoms with Crippen LogP contribution in [-0.4, -0.2) is 11.5 Å². The molecule has 2 nitrogen and oxygen atoms in total. The first-order valence-corrected chi connectivity index (χ1v) is 7.00. The molecular formula is C15H17BrN2. The zero-order chi connectivity index (χ0) is 12.8. The number of hydrogen-bond donors (Lipinski definition) is 0. The van der Waals surface area contributed by atoms with Gasteiger partial charge in [0.25, 0.3) is 0 Å². The van der Waals surface area contributed by atoms with Crippen LogP contribution in [0, 0.1) is 0 Å². The van der Waals surface area contributed by atoms with E-state index in [-0.39, 0.29) is 0 Å². The van der Waals surface area contributed by atoms with Crippen molar-refractivity contribution in [3.8, 4) is 0 Å². The molecule has 0 aliphatic heterocycles. The number of aromatic nitrogens is 1. The van der Waals surface area contributed by atoms with Crippen molar-refractivity contribution >= 4 is 21.7 Å². The number of nitrogens with zero attached hydrogens (tertiary/aromatic N) is 2. The molecule has 2 aromatic rings. The Morgan fingerprint density at radius 3 is 2.56 bits per heavy atom. The van der Waals surface area contributed by atoms with E-state index >= 15 is 0 Å². The molecule has 2 rings (SSSR count). The first-order valence-electron chi connectivity index (χ1n) is 6.20. The summed E-state index contributed by atoms with van der Waals surface area (Å²) in [6.07, 6.45) is 2.95. The fourth-order valence-electron chi connectivity index (χ4n) is 1.94. The Morgan fingerprint density at radius 2 is 1.89 bits per heavy atom. The van der Waals surface area contributed by atoms with E-state index in [0.717, 1.165) is 29.8 Å². The van der Waals surface area contributed by atoms with E-state index in [1.807, 2.05) is 24.4 Å². The van der Waals surface area contributed by atoms with Crippen molar-refractivity contribution in [1.29, 1.82) is 0 Å². The maximum Gasteiger partial charge on any atom is 0.143 e. The van der Waals surface area contributed by atoms with E-state index in [1.54, 1.807) is 0 Å². The number of pyridine rings is 1. The summed E-state index contributed by atoms with van der Waals surface area (Å²) >= 11 is 3.58. The van der Waals surface area contributed by atoms with Crippen molar-refractivity contribution in [2.75, 3.05) is 11.4 Å². The smallest absolute Gasteiger partial charge is 0.143 e. The fraction of sp³-hybridized carbons (Fsp3) is 0.267. The summed E-state index contributed by atoms with van der Waals surface area (Å²) < 4.78 is 1.05. The quantitative estimate of drug-likeness (QED) is 0.820. The van der Waals surface area contributed by atoms with Crippen LogP contribution in [-0.2, 0) is 6.54 Å². The second-order valence-electron chi connectivity index (χ2n) is 4.22. The minimum atomic E-state index is 0.893. The average Bonchev–Trinajstić information content (AvgIpc) is 2.40. The standard InChI is InChI=1S/C15H17BrN2/c1-2-11-18(12-13-7-4-3-5-8-13)15-14(16)9-6-10-17-15/h3-10H,2,11-12H2,1H3. The first-order chi connectivity index (χ1) is 8.81. The highest BCUT2D eigenvalue weighted by atomic mass is 79.9. The maximum atomic E-state index is 4.47. The topological polar surface area (TPSA) is 16.1 Å². The third kappa shape index (κ3) is 3.33. The molecule has 0 fully saturated rings. The highest BCUT2D eigenvalue weighted by Crippen LogP contribution is 2.24. The SMILES string of the molecule is CCCN(Cc1ccccc1)c1ncccc1Br. The van der Waals surface area contributed by atoms with Gasteiger partial charge in [-0.1, -0.05) is 37.3 Å². The third-order valence-corrected chi connectivity index (χ3v) is 3.37. The number of benzene rings is 1. The van der Waals surface area contributed by atoms with Crippen LogP contribution in [0.25, 0.3) is 0 Å². The molecule has 0 radical (unpaired) electrons. The van der Waals surface area contributed by atoms with Crippen LogP contribution >= 0.6 is 15.9 Å². The highest BCUT2D eigenvalue weighted by Gasteiger charge is 2.10. The Balaban J connectivity index is 2.21. The van der Waals surface area contributed by atoms with Crippen LogP contribution in [0.5, 0.6) is 0 Å². The lowest BCUT2D eigenvalue weighted by Gasteiger charge is -2.24. The van der Waals surface area contributed by atoms with Gasteiger partial charge in [0.15, 0.2) is 0 Å². The molecule has 0 unspecified atom stereocenters. The van der Waals surface area contributed by atoms with Crippen LogP contribution in [0.2, 0.25) is 0 Å². The van der Waals surface area contributed by atoms with Gasteiger partial charge in [0, 0.05) is 19.3 Å². The van der Waals surface area contributed by atoms with Gasteiger partial charge in [0.05, 0.1) is 4.47 Å². The van der Waals surface area contributed by atoms with Crippen LogP contribution in [0.4, 0.5) is 5.82 Å². The van der Waals surface area contributed by atoms with Crippen molar-refractivity contribution in [1.82, 2.24) is 4.98 Å². The van der Waals surface area contributed by atoms with Crippen LogP contribution < -0.4 is 4.90 Å². The zero-order valence-electron chi connectivity index (χ0n) is 10.5. The average molecular weight is 305 g/mol. The molecule has 0 atom stereocenters. The summed E-state index contributed by atoms with van der Waals surface area (Å²) in [7, 11) is 0. The van der Waals surface area contributed by atoms with Crippen LogP contribution in [0.3, 0.4) is 0 Å². The Labute approximate surface area is 117 Å². The van der Waals surface area contributed by atoms with Gasteiger partial charge in [-0.3, -0.25) is 0 Å². The van der Waals surface area contributed by atoms with Crippen molar-refractivity contribution in [2.24, 2.45) is 0 Å². The minimum Gasteiger partial charge on any atom is -0.351 e. The maximum absolute atomic E-state index is 4.47. The molecule has 0 aliphatic rings. The summed E-state index contributed by atoms with van der Waals surface area (Å²) in [5.74, 6) is 1.02. The first kappa shape index (κ1) is 13.1. The minimum absolute atomic E-state index is 0.893. The van der Waals surface area contributed by atoms with Crippen molar-refractivity contribution < 1.29 is 0 Å². The number of halogens is 1. The molecule has 1 aromatic carbocycles. The zero-order valence-corrected chi connectivity index (χ0v) is 12.1. The second-order valence-corrected chi connectivity index (χ2v) is 5.07. The van der Waals surface area contributed by atoms with Crippen molar-refractivity contribution in [3.05, 3.63) is 58.7 Å². The van der Waals surface area contributed by atoms with E-state index in [1.165, 1.54) is 5.56 Å². The van der Waals surface area contributed by atoms with Crippen molar-refractivity contribution in [2.45, 2.75) is 19.9 Å². The van der Waals surface area contributed by atoms with Gasteiger partial charge in [0.2, 0.25) is 0 Å². The van der Waals surface area contributed by atoms with E-state index in [4.69, 9.17) is 0 Å². The molecule has 94 valence electrons. The largest absolute Gasteiger partial charge is 0.351 e. The highest BCUT2D eigenvalue weighted by molar-refractivity contribution is 9.10. The number of hydrogen-bond acceptors (Lipinski definition) is 2. The molecule has 1 heterocycles. The lowest BCUT2D eigenvalue weighted by molar-refractivity contribution is 0.753. The van der Waals surface area contributed by atoms with Gasteiger partial charge < -0.3 is 4.90 Å². The summed E-state index contributed by atoms with van der Waals surface area (Å²) in [5, 5.41) is 0. The molecule has 0 aliphatic carbocycles. The Kier molecular flexibility index (Phi) is 4.76. The molecule has 18 heavy (non-hydrogen) atoms. The molecular weight excluding hydrogens is 288 g/mol. The number of anilines is 1. The molecule has 1 aromatic heterocycles. The lowest BCUT2D eigenvalue weighted by atomic mass is 10.2. The van der Waals surface area contributed by atoms with Gasteiger partial charge in [-0.15, -0.1) is 0 Å². The third-order valence-electron chi connectivity index (χ3n) is 2.75. The normalized spacial score (nSPS) is 10.3. The van der Waals surface area contributed by atoms with Crippen LogP contribution in [0.15, 0.2) is 53.1 Å². The van der Waals surface area contributed by atoms with Crippen LogP contribution in [0.1, 0.15) is 18.9 Å². The second kappa shape index (κ2) is 6.55. The molecule has 0 saturated carbocycles. The monoisotopic (exact) mass is 304 g/mol. The van der Waals surface area contributed by atoms with Gasteiger partial charge in [-0.25, -0.2) is 4.98 Å². The van der Waals surface area contributed by atoms with Gasteiger partial charge in [0.1, 0.15) is 5.82 Å². The predicted molar refractivity (Wildman–Crippen MR) is 79.7 cm³/mol. The molecule has 0 spiro atoms. The number of rotatable bonds is 5. The molecule has 0 N–H and O–H groups in total. The molecule has 0 saturated heterocycles. The van der Waals surface area contributed by atoms with E-state index in [2.05, 4.69) is 57.0 Å². The Morgan fingerprint density at radius 1 is 1.11 bits per heavy atom. The van der Waals surface area contributed by atoms with Gasteiger partial charge in [-0.2, -0.15) is 0 Å².